The summed E-state index contributed by atoms with van der Waals surface area (Å²) in [5.74, 6) is -2.02. The topological polar surface area (TPSA) is 95.9 Å². The van der Waals surface area contributed by atoms with E-state index in [0.29, 0.717) is 25.0 Å². The lowest BCUT2D eigenvalue weighted by atomic mass is 9.93. The standard InChI is InChI=1S/C13H20N2O3S2.C2HF3O2/c1-20(16,17)14-4-11-8-18-13-7-15(6-12(11)13)5-10-2-3-19-9-10;3-2(4,5)1(6)7/h2-3,9,11-14H,4-8H2,1H3;(H,6,7)/t11-,12+,13+;/m0./s1. The molecule has 0 aromatic carbocycles. The Kier molecular flexibility index (Phi) is 7.25. The predicted molar refractivity (Wildman–Crippen MR) is 92.9 cm³/mol. The van der Waals surface area contributed by atoms with Crippen LogP contribution in [0.2, 0.25) is 0 Å². The lowest BCUT2D eigenvalue weighted by Crippen LogP contribution is -2.33. The third kappa shape index (κ3) is 7.03. The molecule has 0 radical (unpaired) electrons. The number of rotatable bonds is 5. The Morgan fingerprint density at radius 3 is 2.63 bits per heavy atom. The van der Waals surface area contributed by atoms with Crippen molar-refractivity contribution in [3.05, 3.63) is 22.4 Å². The quantitative estimate of drug-likeness (QED) is 0.733. The van der Waals surface area contributed by atoms with Crippen molar-refractivity contribution in [2.45, 2.75) is 18.8 Å². The lowest BCUT2D eigenvalue weighted by Gasteiger charge is -2.19. The van der Waals surface area contributed by atoms with E-state index in [1.54, 1.807) is 11.3 Å². The van der Waals surface area contributed by atoms with Gasteiger partial charge in [-0.1, -0.05) is 0 Å². The number of hydrogen-bond acceptors (Lipinski definition) is 6. The van der Waals surface area contributed by atoms with Crippen LogP contribution < -0.4 is 4.72 Å². The molecule has 12 heteroatoms. The van der Waals surface area contributed by atoms with Gasteiger partial charge >= 0.3 is 12.1 Å². The van der Waals surface area contributed by atoms with Crippen LogP contribution in [-0.4, -0.2) is 69.2 Å². The van der Waals surface area contributed by atoms with Gasteiger partial charge in [0, 0.05) is 38.0 Å². The van der Waals surface area contributed by atoms with Crippen molar-refractivity contribution in [2.75, 3.05) is 32.5 Å². The molecule has 0 saturated carbocycles. The normalized spacial score (nSPS) is 25.7. The molecule has 1 aromatic heterocycles. The lowest BCUT2D eigenvalue weighted by molar-refractivity contribution is -0.192. The smallest absolute Gasteiger partial charge is 0.475 e. The van der Waals surface area contributed by atoms with Crippen LogP contribution in [0.1, 0.15) is 5.56 Å². The molecule has 154 valence electrons. The second-order valence-electron chi connectivity index (χ2n) is 6.54. The molecule has 2 aliphatic heterocycles. The fourth-order valence-corrected chi connectivity index (χ4v) is 4.30. The number of sulfonamides is 1. The molecule has 2 fully saturated rings. The first kappa shape index (κ1) is 22.1. The number of fused-ring (bicyclic) bond motifs is 1. The van der Waals surface area contributed by atoms with Crippen molar-refractivity contribution in [1.29, 1.82) is 0 Å². The van der Waals surface area contributed by atoms with Crippen molar-refractivity contribution in [1.82, 2.24) is 9.62 Å². The number of nitrogens with one attached hydrogen (secondary N) is 1. The summed E-state index contributed by atoms with van der Waals surface area (Å²) in [6, 6.07) is 2.16. The first-order chi connectivity index (χ1) is 12.5. The van der Waals surface area contributed by atoms with E-state index in [1.165, 1.54) is 11.8 Å². The first-order valence-corrected chi connectivity index (χ1v) is 10.9. The van der Waals surface area contributed by atoms with Crippen LogP contribution in [0, 0.1) is 11.8 Å². The summed E-state index contributed by atoms with van der Waals surface area (Å²) in [5, 5.41) is 11.4. The van der Waals surface area contributed by atoms with Gasteiger partial charge in [-0.25, -0.2) is 17.9 Å². The summed E-state index contributed by atoms with van der Waals surface area (Å²) in [6.45, 7) is 4.08. The zero-order valence-corrected chi connectivity index (χ0v) is 16.1. The van der Waals surface area contributed by atoms with E-state index in [1.807, 2.05) is 0 Å². The molecule has 7 nitrogen and oxygen atoms in total. The summed E-state index contributed by atoms with van der Waals surface area (Å²) in [4.78, 5) is 11.3. The monoisotopic (exact) mass is 430 g/mol. The van der Waals surface area contributed by atoms with Crippen molar-refractivity contribution in [3.63, 3.8) is 0 Å². The first-order valence-electron chi connectivity index (χ1n) is 8.05. The van der Waals surface area contributed by atoms with E-state index in [-0.39, 0.29) is 6.10 Å². The van der Waals surface area contributed by atoms with E-state index in [0.717, 1.165) is 19.6 Å². The van der Waals surface area contributed by atoms with Gasteiger partial charge in [-0.3, -0.25) is 4.90 Å². The van der Waals surface area contributed by atoms with Gasteiger partial charge in [-0.05, 0) is 22.4 Å². The van der Waals surface area contributed by atoms with Crippen molar-refractivity contribution in [2.24, 2.45) is 11.8 Å². The number of hydrogen-bond donors (Lipinski definition) is 2. The van der Waals surface area contributed by atoms with Crippen molar-refractivity contribution < 1.29 is 36.2 Å². The second kappa shape index (κ2) is 8.86. The van der Waals surface area contributed by atoms with Crippen LogP contribution >= 0.6 is 11.3 Å². The second-order valence-corrected chi connectivity index (χ2v) is 9.16. The number of carbonyl (C=O) groups is 1. The number of thiophene rings is 1. The summed E-state index contributed by atoms with van der Waals surface area (Å²) in [7, 11) is -3.11. The van der Waals surface area contributed by atoms with Gasteiger partial charge < -0.3 is 9.84 Å². The number of aliphatic carboxylic acids is 1. The number of nitrogens with zero attached hydrogens (tertiary/aromatic N) is 1. The van der Waals surface area contributed by atoms with Gasteiger partial charge in [-0.2, -0.15) is 24.5 Å². The van der Waals surface area contributed by atoms with E-state index < -0.39 is 22.2 Å². The predicted octanol–water partition coefficient (Wildman–Crippen LogP) is 1.38. The van der Waals surface area contributed by atoms with E-state index in [4.69, 9.17) is 14.6 Å². The fourth-order valence-electron chi connectivity index (χ4n) is 3.12. The molecular formula is C15H21F3N2O5S2. The van der Waals surface area contributed by atoms with Crippen LogP contribution in [0.15, 0.2) is 16.8 Å². The largest absolute Gasteiger partial charge is 0.490 e. The van der Waals surface area contributed by atoms with Crippen molar-refractivity contribution >= 4 is 27.3 Å². The Morgan fingerprint density at radius 1 is 1.44 bits per heavy atom. The minimum Gasteiger partial charge on any atom is -0.475 e. The van der Waals surface area contributed by atoms with Crippen LogP contribution in [0.25, 0.3) is 0 Å². The van der Waals surface area contributed by atoms with E-state index >= 15 is 0 Å². The zero-order valence-electron chi connectivity index (χ0n) is 14.5. The van der Waals surface area contributed by atoms with Gasteiger partial charge in [-0.15, -0.1) is 0 Å². The molecule has 0 amide bonds. The summed E-state index contributed by atoms with van der Waals surface area (Å²) >= 11 is 1.72. The maximum absolute atomic E-state index is 11.2. The zero-order chi connectivity index (χ0) is 20.2. The maximum Gasteiger partial charge on any atom is 0.490 e. The molecule has 2 N–H and O–H groups in total. The highest BCUT2D eigenvalue weighted by Crippen LogP contribution is 2.34. The summed E-state index contributed by atoms with van der Waals surface area (Å²) in [5.41, 5.74) is 1.35. The van der Waals surface area contributed by atoms with Gasteiger partial charge in [0.25, 0.3) is 0 Å². The van der Waals surface area contributed by atoms with Gasteiger partial charge in [0.15, 0.2) is 0 Å². The number of halogens is 3. The number of carboxylic acid groups (broad SMARTS) is 1. The van der Waals surface area contributed by atoms with Crippen LogP contribution in [0.5, 0.6) is 0 Å². The maximum atomic E-state index is 11.2. The molecule has 27 heavy (non-hydrogen) atoms. The Morgan fingerprint density at radius 2 is 2.11 bits per heavy atom. The minimum atomic E-state index is -5.08. The Bertz CT molecular complexity index is 724. The van der Waals surface area contributed by atoms with Gasteiger partial charge in [0.2, 0.25) is 10.0 Å². The number of alkyl halides is 3. The molecule has 3 rings (SSSR count). The van der Waals surface area contributed by atoms with Gasteiger partial charge in [0.1, 0.15) is 0 Å². The molecule has 2 aliphatic rings. The molecule has 0 bridgehead atoms. The summed E-state index contributed by atoms with van der Waals surface area (Å²) in [6.07, 6.45) is -3.61. The molecule has 3 atom stereocenters. The highest BCUT2D eigenvalue weighted by atomic mass is 32.2. The van der Waals surface area contributed by atoms with Crippen LogP contribution in [0.3, 0.4) is 0 Å². The minimum absolute atomic E-state index is 0.264. The van der Waals surface area contributed by atoms with E-state index in [2.05, 4.69) is 26.4 Å². The number of likely N-dealkylation sites (tertiary alicyclic amines) is 1. The third-order valence-corrected chi connectivity index (χ3v) is 5.77. The average molecular weight is 430 g/mol. The highest BCUT2D eigenvalue weighted by Gasteiger charge is 2.43. The molecule has 0 aliphatic carbocycles. The van der Waals surface area contributed by atoms with Crippen LogP contribution in [-0.2, 0) is 26.1 Å². The SMILES string of the molecule is CS(=O)(=O)NC[C@H]1CO[C@@H]2CN(Cc3ccsc3)C[C@H]12.O=C(O)C(F)(F)F. The van der Waals surface area contributed by atoms with Gasteiger partial charge in [0.05, 0.1) is 19.0 Å². The molecule has 3 heterocycles. The number of carboxylic acids is 1. The third-order valence-electron chi connectivity index (χ3n) is 4.35. The molecule has 2 saturated heterocycles. The molecular weight excluding hydrogens is 409 g/mol. The molecule has 0 spiro atoms. The molecule has 0 unspecified atom stereocenters. The summed E-state index contributed by atoms with van der Waals surface area (Å²) < 4.78 is 62.6. The Labute approximate surface area is 159 Å². The molecule has 1 aromatic rings. The Balaban J connectivity index is 0.000000321. The van der Waals surface area contributed by atoms with Crippen LogP contribution in [0.4, 0.5) is 13.2 Å². The van der Waals surface area contributed by atoms with E-state index in [9.17, 15) is 21.6 Å². The average Bonchev–Trinajstić information content (AvgIpc) is 3.22. The highest BCUT2D eigenvalue weighted by molar-refractivity contribution is 7.88. The number of ether oxygens (including phenoxy) is 1. The Hall–Kier alpha value is -1.21. The van der Waals surface area contributed by atoms with Crippen molar-refractivity contribution in [3.8, 4) is 0 Å². The fraction of sp³-hybridized carbons (Fsp3) is 0.667.